The number of piperazine rings is 1. The number of hydrogen-bond donors (Lipinski definition) is 2. The fourth-order valence-electron chi connectivity index (χ4n) is 3.16. The van der Waals surface area contributed by atoms with E-state index < -0.39 is 0 Å². The normalized spacial score (nSPS) is 30.2. The van der Waals surface area contributed by atoms with Crippen LogP contribution < -0.4 is 5.32 Å². The van der Waals surface area contributed by atoms with Crippen LogP contribution in [0.15, 0.2) is 23.8 Å². The maximum absolute atomic E-state index is 12.5. The van der Waals surface area contributed by atoms with Gasteiger partial charge in [-0.2, -0.15) is 0 Å². The number of carbonyl (C=O) groups is 1. The Morgan fingerprint density at radius 2 is 2.00 bits per heavy atom. The summed E-state index contributed by atoms with van der Waals surface area (Å²) >= 11 is 0. The highest BCUT2D eigenvalue weighted by Crippen LogP contribution is 2.27. The van der Waals surface area contributed by atoms with Crippen molar-refractivity contribution in [3.05, 3.63) is 23.8 Å². The highest BCUT2D eigenvalue weighted by molar-refractivity contribution is 6.44. The van der Waals surface area contributed by atoms with Gasteiger partial charge in [0.15, 0.2) is 0 Å². The van der Waals surface area contributed by atoms with Crippen LogP contribution >= 0.6 is 0 Å². The number of allylic oxidation sites excluding steroid dienone is 3. The predicted molar refractivity (Wildman–Crippen MR) is 70.7 cm³/mol. The average molecular weight is 245 g/mol. The van der Waals surface area contributed by atoms with Gasteiger partial charge in [-0.15, -0.1) is 0 Å². The van der Waals surface area contributed by atoms with E-state index in [1.54, 1.807) is 0 Å². The quantitative estimate of drug-likeness (QED) is 0.719. The van der Waals surface area contributed by atoms with Crippen molar-refractivity contribution in [2.24, 2.45) is 0 Å². The molecule has 0 radical (unpaired) electrons. The van der Waals surface area contributed by atoms with Crippen molar-refractivity contribution in [2.45, 2.75) is 37.8 Å². The summed E-state index contributed by atoms with van der Waals surface area (Å²) in [6, 6.07) is 0.592. The van der Waals surface area contributed by atoms with Gasteiger partial charge in [0, 0.05) is 30.7 Å². The highest BCUT2D eigenvalue weighted by Gasteiger charge is 2.40. The van der Waals surface area contributed by atoms with E-state index in [1.165, 1.54) is 0 Å². The molecule has 2 N–H and O–H groups in total. The number of hydrogen-bond acceptors (Lipinski definition) is 3. The first-order chi connectivity index (χ1) is 8.77. The van der Waals surface area contributed by atoms with E-state index >= 15 is 0 Å². The molecule has 4 nitrogen and oxygen atoms in total. The third-order valence-corrected chi connectivity index (χ3v) is 4.11. The summed E-state index contributed by atoms with van der Waals surface area (Å²) in [7, 11) is 0. The molecule has 3 rings (SSSR count). The predicted octanol–water partition coefficient (Wildman–Crippen LogP) is 1.25. The Morgan fingerprint density at radius 1 is 1.28 bits per heavy atom. The number of nitrogens with one attached hydrogen (secondary N) is 2. The van der Waals surface area contributed by atoms with Crippen molar-refractivity contribution >= 4 is 11.6 Å². The molecule has 96 valence electrons. The summed E-state index contributed by atoms with van der Waals surface area (Å²) in [5.74, 6) is -0.0817. The zero-order valence-corrected chi connectivity index (χ0v) is 10.5. The first kappa shape index (κ1) is 11.7. The molecule has 2 aliphatic heterocycles. The molecule has 18 heavy (non-hydrogen) atoms. The van der Waals surface area contributed by atoms with E-state index in [0.29, 0.717) is 12.1 Å². The van der Waals surface area contributed by atoms with Gasteiger partial charge in [0.25, 0.3) is 5.91 Å². The molecular formula is C14H19N3O. The van der Waals surface area contributed by atoms with Gasteiger partial charge in [-0.3, -0.25) is 10.2 Å². The van der Waals surface area contributed by atoms with Gasteiger partial charge in [0.2, 0.25) is 0 Å². The van der Waals surface area contributed by atoms with Gasteiger partial charge in [0.1, 0.15) is 5.71 Å². The van der Waals surface area contributed by atoms with Gasteiger partial charge in [0.05, 0.1) is 0 Å². The van der Waals surface area contributed by atoms with Gasteiger partial charge >= 0.3 is 0 Å². The Hall–Kier alpha value is -1.42. The number of rotatable bonds is 2. The average Bonchev–Trinajstić information content (AvgIpc) is 2.67. The van der Waals surface area contributed by atoms with Crippen LogP contribution in [0.2, 0.25) is 0 Å². The van der Waals surface area contributed by atoms with E-state index in [4.69, 9.17) is 5.41 Å². The van der Waals surface area contributed by atoms with Crippen molar-refractivity contribution in [1.29, 1.82) is 5.41 Å². The molecule has 2 heterocycles. The Balaban J connectivity index is 1.76. The molecule has 2 saturated heterocycles. The van der Waals surface area contributed by atoms with E-state index in [1.807, 2.05) is 23.1 Å². The molecule has 1 aliphatic carbocycles. The van der Waals surface area contributed by atoms with Crippen LogP contribution in [0.25, 0.3) is 0 Å². The van der Waals surface area contributed by atoms with Gasteiger partial charge in [-0.05, 0) is 25.7 Å². The lowest BCUT2D eigenvalue weighted by atomic mass is 10.0. The molecular weight excluding hydrogens is 226 g/mol. The lowest BCUT2D eigenvalue weighted by Crippen LogP contribution is -2.55. The fourth-order valence-corrected chi connectivity index (χ4v) is 3.16. The smallest absolute Gasteiger partial charge is 0.272 e. The highest BCUT2D eigenvalue weighted by atomic mass is 16.2. The van der Waals surface area contributed by atoms with Crippen LogP contribution in [0.3, 0.4) is 0 Å². The van der Waals surface area contributed by atoms with Gasteiger partial charge in [-0.1, -0.05) is 18.2 Å². The number of carbonyl (C=O) groups excluding carboxylic acids is 1. The molecule has 2 bridgehead atoms. The Bertz CT molecular complexity index is 422. The first-order valence-corrected chi connectivity index (χ1v) is 6.76. The standard InChI is InChI=1S/C14H19N3O/c15-13(10-4-2-1-3-5-10)14(18)17-11-6-7-12(17)9-16-8-11/h2,4-5,11-12,15-16H,1,3,6-9H2. The second-order valence-electron chi connectivity index (χ2n) is 5.27. The van der Waals surface area contributed by atoms with E-state index in [2.05, 4.69) is 5.32 Å². The zero-order valence-electron chi connectivity index (χ0n) is 10.5. The van der Waals surface area contributed by atoms with Crippen LogP contribution in [-0.4, -0.2) is 41.7 Å². The Labute approximate surface area is 107 Å². The van der Waals surface area contributed by atoms with E-state index in [9.17, 15) is 4.79 Å². The lowest BCUT2D eigenvalue weighted by Gasteiger charge is -2.35. The minimum absolute atomic E-state index is 0.0817. The summed E-state index contributed by atoms with van der Waals surface area (Å²) in [4.78, 5) is 14.4. The molecule has 0 saturated carbocycles. The molecule has 3 aliphatic rings. The maximum atomic E-state index is 12.5. The van der Waals surface area contributed by atoms with Crippen molar-refractivity contribution in [3.8, 4) is 0 Å². The SMILES string of the molecule is N=C(C(=O)N1C2CCC1CNC2)C1=CCCC=C1. The van der Waals surface area contributed by atoms with Gasteiger partial charge in [-0.25, -0.2) is 0 Å². The molecule has 2 fully saturated rings. The van der Waals surface area contributed by atoms with E-state index in [0.717, 1.165) is 44.3 Å². The minimum atomic E-state index is -0.0817. The third-order valence-electron chi connectivity index (χ3n) is 4.11. The summed E-state index contributed by atoms with van der Waals surface area (Å²) in [6.07, 6.45) is 10.1. The summed E-state index contributed by atoms with van der Waals surface area (Å²) in [6.45, 7) is 1.76. The van der Waals surface area contributed by atoms with Gasteiger partial charge < -0.3 is 10.2 Å². The number of fused-ring (bicyclic) bond motifs is 2. The van der Waals surface area contributed by atoms with Crippen molar-refractivity contribution in [2.75, 3.05) is 13.1 Å². The molecule has 0 aromatic rings. The Kier molecular flexibility index (Phi) is 3.04. The van der Waals surface area contributed by atoms with E-state index in [-0.39, 0.29) is 11.6 Å². The second-order valence-corrected chi connectivity index (χ2v) is 5.27. The molecule has 0 aromatic carbocycles. The third kappa shape index (κ3) is 1.90. The number of amides is 1. The monoisotopic (exact) mass is 245 g/mol. The summed E-state index contributed by atoms with van der Waals surface area (Å²) in [5, 5.41) is 11.5. The van der Waals surface area contributed by atoms with Crippen molar-refractivity contribution < 1.29 is 4.79 Å². The second kappa shape index (κ2) is 4.69. The lowest BCUT2D eigenvalue weighted by molar-refractivity contribution is -0.127. The van der Waals surface area contributed by atoms with Crippen LogP contribution in [-0.2, 0) is 4.79 Å². The maximum Gasteiger partial charge on any atom is 0.272 e. The molecule has 0 aromatic heterocycles. The molecule has 2 unspecified atom stereocenters. The van der Waals surface area contributed by atoms with Crippen LogP contribution in [0, 0.1) is 5.41 Å². The molecule has 4 heteroatoms. The van der Waals surface area contributed by atoms with Crippen molar-refractivity contribution in [3.63, 3.8) is 0 Å². The Morgan fingerprint density at radius 3 is 2.61 bits per heavy atom. The van der Waals surface area contributed by atoms with Crippen LogP contribution in [0.4, 0.5) is 0 Å². The first-order valence-electron chi connectivity index (χ1n) is 6.76. The summed E-state index contributed by atoms with van der Waals surface area (Å²) in [5.41, 5.74) is 0.967. The molecule has 2 atom stereocenters. The minimum Gasteiger partial charge on any atom is -0.329 e. The van der Waals surface area contributed by atoms with Crippen molar-refractivity contribution in [1.82, 2.24) is 10.2 Å². The topological polar surface area (TPSA) is 56.2 Å². The largest absolute Gasteiger partial charge is 0.329 e. The zero-order chi connectivity index (χ0) is 12.5. The van der Waals surface area contributed by atoms with Crippen LogP contribution in [0.1, 0.15) is 25.7 Å². The molecule has 0 spiro atoms. The molecule has 1 amide bonds. The fraction of sp³-hybridized carbons (Fsp3) is 0.571. The number of nitrogens with zero attached hydrogens (tertiary/aromatic N) is 1. The van der Waals surface area contributed by atoms with Crippen LogP contribution in [0.5, 0.6) is 0 Å². The summed E-state index contributed by atoms with van der Waals surface area (Å²) < 4.78 is 0.